The predicted octanol–water partition coefficient (Wildman–Crippen LogP) is 2.58. The molecule has 5 nitrogen and oxygen atoms in total. The smallest absolute Gasteiger partial charge is 0.407 e. The predicted molar refractivity (Wildman–Crippen MR) is 78.4 cm³/mol. The van der Waals surface area contributed by atoms with Crippen molar-refractivity contribution in [2.45, 2.75) is 24.9 Å². The molecule has 2 amide bonds. The highest BCUT2D eigenvalue weighted by molar-refractivity contribution is 6.33. The molecule has 1 unspecified atom stereocenters. The summed E-state index contributed by atoms with van der Waals surface area (Å²) in [6, 6.07) is 3.76. The normalized spacial score (nSPS) is 24.8. The SMILES string of the molecule is O=C1NCC2(CCCN(C(=O)c3ccc(F)cc3Cl)CC2)O1. The number of halogens is 2. The zero-order chi connectivity index (χ0) is 15.7. The minimum absolute atomic E-state index is 0.109. The van der Waals surface area contributed by atoms with E-state index in [1.807, 2.05) is 0 Å². The van der Waals surface area contributed by atoms with Crippen molar-refractivity contribution in [1.29, 1.82) is 0 Å². The molecule has 1 aromatic carbocycles. The highest BCUT2D eigenvalue weighted by Gasteiger charge is 2.42. The fraction of sp³-hybridized carbons (Fsp3) is 0.467. The Hall–Kier alpha value is -1.82. The lowest BCUT2D eigenvalue weighted by Crippen LogP contribution is -2.36. The Morgan fingerprint density at radius 1 is 1.36 bits per heavy atom. The van der Waals surface area contributed by atoms with E-state index in [0.717, 1.165) is 12.5 Å². The van der Waals surface area contributed by atoms with Crippen LogP contribution in [0.25, 0.3) is 0 Å². The summed E-state index contributed by atoms with van der Waals surface area (Å²) in [4.78, 5) is 25.5. The van der Waals surface area contributed by atoms with Crippen molar-refractivity contribution >= 4 is 23.6 Å². The van der Waals surface area contributed by atoms with Crippen molar-refractivity contribution in [3.63, 3.8) is 0 Å². The van der Waals surface area contributed by atoms with Gasteiger partial charge in [-0.15, -0.1) is 0 Å². The number of benzene rings is 1. The lowest BCUT2D eigenvalue weighted by Gasteiger charge is -2.25. The lowest BCUT2D eigenvalue weighted by molar-refractivity contribution is 0.0439. The van der Waals surface area contributed by atoms with Gasteiger partial charge in [0.15, 0.2) is 0 Å². The molecule has 118 valence electrons. The first-order chi connectivity index (χ1) is 10.5. The van der Waals surface area contributed by atoms with E-state index in [0.29, 0.717) is 38.0 Å². The van der Waals surface area contributed by atoms with Crippen molar-refractivity contribution in [1.82, 2.24) is 10.2 Å². The number of amides is 2. The topological polar surface area (TPSA) is 58.6 Å². The van der Waals surface area contributed by atoms with E-state index in [4.69, 9.17) is 16.3 Å². The van der Waals surface area contributed by atoms with Gasteiger partial charge >= 0.3 is 6.09 Å². The summed E-state index contributed by atoms with van der Waals surface area (Å²) in [5, 5.41) is 2.78. The lowest BCUT2D eigenvalue weighted by atomic mass is 9.95. The fourth-order valence-electron chi connectivity index (χ4n) is 2.98. The van der Waals surface area contributed by atoms with Gasteiger partial charge in [0.05, 0.1) is 17.1 Å². The zero-order valence-electron chi connectivity index (χ0n) is 11.9. The summed E-state index contributed by atoms with van der Waals surface area (Å²) in [6.45, 7) is 1.51. The molecule has 0 aromatic heterocycles. The molecule has 0 aliphatic carbocycles. The van der Waals surface area contributed by atoms with Crippen LogP contribution in [0.5, 0.6) is 0 Å². The van der Waals surface area contributed by atoms with E-state index in [1.165, 1.54) is 12.1 Å². The van der Waals surface area contributed by atoms with Gasteiger partial charge in [-0.05, 0) is 31.0 Å². The number of carbonyl (C=O) groups is 2. The molecule has 2 heterocycles. The van der Waals surface area contributed by atoms with Gasteiger partial charge in [0, 0.05) is 19.5 Å². The molecule has 2 aliphatic rings. The minimum Gasteiger partial charge on any atom is -0.441 e. The molecule has 7 heteroatoms. The van der Waals surface area contributed by atoms with Gasteiger partial charge in [0.1, 0.15) is 11.4 Å². The fourth-order valence-corrected chi connectivity index (χ4v) is 3.23. The van der Waals surface area contributed by atoms with Crippen LogP contribution in [0.3, 0.4) is 0 Å². The highest BCUT2D eigenvalue weighted by atomic mass is 35.5. The number of hydrogen-bond donors (Lipinski definition) is 1. The second-order valence-corrected chi connectivity index (χ2v) is 6.10. The quantitative estimate of drug-likeness (QED) is 0.863. The molecule has 0 bridgehead atoms. The summed E-state index contributed by atoms with van der Waals surface area (Å²) < 4.78 is 18.5. The second kappa shape index (κ2) is 5.76. The first-order valence-corrected chi connectivity index (χ1v) is 7.58. The number of nitrogens with zero attached hydrogens (tertiary/aromatic N) is 1. The number of carbonyl (C=O) groups excluding carboxylic acids is 2. The van der Waals surface area contributed by atoms with Gasteiger partial charge in [-0.1, -0.05) is 11.6 Å². The van der Waals surface area contributed by atoms with Crippen molar-refractivity contribution < 1.29 is 18.7 Å². The Labute approximate surface area is 132 Å². The molecule has 22 heavy (non-hydrogen) atoms. The molecular formula is C15H16ClFN2O3. The van der Waals surface area contributed by atoms with Crippen LogP contribution in [0.4, 0.5) is 9.18 Å². The van der Waals surface area contributed by atoms with Gasteiger partial charge in [-0.2, -0.15) is 0 Å². The van der Waals surface area contributed by atoms with E-state index < -0.39 is 17.5 Å². The molecule has 1 aromatic rings. The molecule has 2 saturated heterocycles. The third-order valence-corrected chi connectivity index (χ3v) is 4.52. The summed E-state index contributed by atoms with van der Waals surface area (Å²) >= 11 is 5.96. The molecular weight excluding hydrogens is 311 g/mol. The zero-order valence-corrected chi connectivity index (χ0v) is 12.7. The van der Waals surface area contributed by atoms with Crippen molar-refractivity contribution in [3.8, 4) is 0 Å². The average molecular weight is 327 g/mol. The number of rotatable bonds is 1. The van der Waals surface area contributed by atoms with E-state index in [2.05, 4.69) is 5.32 Å². The summed E-state index contributed by atoms with van der Waals surface area (Å²) in [5.74, 6) is -0.695. The van der Waals surface area contributed by atoms with Crippen LogP contribution >= 0.6 is 11.6 Å². The first kappa shape index (κ1) is 15.1. The Morgan fingerprint density at radius 3 is 2.86 bits per heavy atom. The first-order valence-electron chi connectivity index (χ1n) is 7.20. The van der Waals surface area contributed by atoms with E-state index >= 15 is 0 Å². The van der Waals surface area contributed by atoms with Crippen LogP contribution < -0.4 is 5.32 Å². The number of nitrogens with one attached hydrogen (secondary N) is 1. The molecule has 0 saturated carbocycles. The summed E-state index contributed by atoms with van der Waals surface area (Å²) in [6.07, 6.45) is 1.63. The van der Waals surface area contributed by atoms with Crippen LogP contribution in [0, 0.1) is 5.82 Å². The third-order valence-electron chi connectivity index (χ3n) is 4.21. The Morgan fingerprint density at radius 2 is 2.18 bits per heavy atom. The van der Waals surface area contributed by atoms with Gasteiger partial charge in [-0.25, -0.2) is 9.18 Å². The molecule has 1 spiro atoms. The van der Waals surface area contributed by atoms with Crippen molar-refractivity contribution in [3.05, 3.63) is 34.6 Å². The third kappa shape index (κ3) is 2.88. The van der Waals surface area contributed by atoms with Crippen LogP contribution in [0.2, 0.25) is 5.02 Å². The van der Waals surface area contributed by atoms with Gasteiger partial charge in [0.2, 0.25) is 0 Å². The summed E-state index contributed by atoms with van der Waals surface area (Å²) in [7, 11) is 0. The van der Waals surface area contributed by atoms with Crippen molar-refractivity contribution in [2.75, 3.05) is 19.6 Å². The van der Waals surface area contributed by atoms with Gasteiger partial charge in [0.25, 0.3) is 5.91 Å². The monoisotopic (exact) mass is 326 g/mol. The maximum Gasteiger partial charge on any atom is 0.407 e. The molecule has 0 radical (unpaired) electrons. The molecule has 2 aliphatic heterocycles. The van der Waals surface area contributed by atoms with E-state index in [1.54, 1.807) is 4.90 Å². The van der Waals surface area contributed by atoms with Gasteiger partial charge < -0.3 is 15.0 Å². The Bertz CT molecular complexity index is 625. The Kier molecular flexibility index (Phi) is 3.95. The van der Waals surface area contributed by atoms with E-state index in [-0.39, 0.29) is 10.9 Å². The highest BCUT2D eigenvalue weighted by Crippen LogP contribution is 2.30. The summed E-state index contributed by atoms with van der Waals surface area (Å²) in [5.41, 5.74) is -0.223. The van der Waals surface area contributed by atoms with Crippen LogP contribution in [-0.4, -0.2) is 42.1 Å². The minimum atomic E-state index is -0.515. The average Bonchev–Trinajstić information content (AvgIpc) is 2.71. The number of likely N-dealkylation sites (tertiary alicyclic amines) is 1. The van der Waals surface area contributed by atoms with Gasteiger partial charge in [-0.3, -0.25) is 4.79 Å². The molecule has 1 atom stereocenters. The van der Waals surface area contributed by atoms with Crippen LogP contribution in [-0.2, 0) is 4.74 Å². The molecule has 2 fully saturated rings. The maximum absolute atomic E-state index is 13.1. The number of alkyl carbamates (subject to hydrolysis) is 1. The van der Waals surface area contributed by atoms with Crippen LogP contribution in [0.15, 0.2) is 18.2 Å². The van der Waals surface area contributed by atoms with Crippen LogP contribution in [0.1, 0.15) is 29.6 Å². The second-order valence-electron chi connectivity index (χ2n) is 5.70. The molecule has 3 rings (SSSR count). The van der Waals surface area contributed by atoms with E-state index in [9.17, 15) is 14.0 Å². The standard InChI is InChI=1S/C15H16ClFN2O3/c16-12-8-10(17)2-3-11(12)13(20)19-6-1-4-15(5-7-19)9-18-14(21)22-15/h2-3,8H,1,4-7,9H2,(H,18,21). The number of hydrogen-bond acceptors (Lipinski definition) is 3. The molecule has 1 N–H and O–H groups in total. The number of ether oxygens (including phenoxy) is 1. The maximum atomic E-state index is 13.1. The largest absolute Gasteiger partial charge is 0.441 e. The Balaban J connectivity index is 1.73. The van der Waals surface area contributed by atoms with Crippen molar-refractivity contribution in [2.24, 2.45) is 0 Å².